The average molecular weight is 436 g/mol. The fraction of sp³-hybridized carbons (Fsp3) is 0.571. The fourth-order valence-corrected chi connectivity index (χ4v) is 4.01. The van der Waals surface area contributed by atoms with Gasteiger partial charge in [-0.15, -0.1) is 0 Å². The number of piperidine rings is 1. The minimum Gasteiger partial charge on any atom is -0.359 e. The van der Waals surface area contributed by atoms with E-state index in [1.807, 2.05) is 24.8 Å². The Bertz CT molecular complexity index is 801. The van der Waals surface area contributed by atoms with Crippen LogP contribution in [0, 0.1) is 11.8 Å². The number of anilines is 2. The molecule has 3 rings (SSSR count). The molecule has 0 saturated carbocycles. The van der Waals surface area contributed by atoms with Crippen molar-refractivity contribution in [1.82, 2.24) is 15.5 Å². The second-order valence-corrected chi connectivity index (χ2v) is 8.70. The summed E-state index contributed by atoms with van der Waals surface area (Å²) in [5, 5.41) is 9.11. The second-order valence-electron chi connectivity index (χ2n) is 8.29. The van der Waals surface area contributed by atoms with Crippen LogP contribution in [0.1, 0.15) is 26.7 Å². The number of hydrogen-bond donors (Lipinski definition) is 3. The van der Waals surface area contributed by atoms with Crippen LogP contribution in [0.5, 0.6) is 0 Å². The molecular weight excluding hydrogens is 406 g/mol. The number of hydrogen-bond acceptors (Lipinski definition) is 4. The largest absolute Gasteiger partial charge is 0.359 e. The van der Waals surface area contributed by atoms with E-state index in [0.29, 0.717) is 49.4 Å². The molecule has 2 saturated heterocycles. The Morgan fingerprint density at radius 3 is 2.80 bits per heavy atom. The van der Waals surface area contributed by atoms with Gasteiger partial charge in [-0.1, -0.05) is 25.4 Å². The van der Waals surface area contributed by atoms with Crippen LogP contribution >= 0.6 is 11.6 Å². The molecule has 0 spiro atoms. The van der Waals surface area contributed by atoms with Crippen LogP contribution in [0.25, 0.3) is 0 Å². The zero-order valence-electron chi connectivity index (χ0n) is 17.5. The first-order valence-corrected chi connectivity index (χ1v) is 10.9. The molecule has 1 aromatic rings. The Morgan fingerprint density at radius 1 is 1.30 bits per heavy atom. The molecule has 2 fully saturated rings. The summed E-state index contributed by atoms with van der Waals surface area (Å²) in [6.45, 7) is 7.32. The van der Waals surface area contributed by atoms with E-state index in [1.54, 1.807) is 17.0 Å². The van der Waals surface area contributed by atoms with E-state index in [0.717, 1.165) is 18.5 Å². The van der Waals surface area contributed by atoms with Crippen molar-refractivity contribution in [3.05, 3.63) is 23.2 Å². The molecule has 3 N–H and O–H groups in total. The number of nitrogens with zero attached hydrogens (tertiary/aromatic N) is 2. The second kappa shape index (κ2) is 10.0. The number of benzene rings is 1. The summed E-state index contributed by atoms with van der Waals surface area (Å²) >= 11 is 6.42. The van der Waals surface area contributed by atoms with Gasteiger partial charge in [0.15, 0.2) is 0 Å². The van der Waals surface area contributed by atoms with Gasteiger partial charge >= 0.3 is 6.03 Å². The number of likely N-dealkylation sites (tertiary alicyclic amines) is 1. The lowest BCUT2D eigenvalue weighted by Gasteiger charge is -2.32. The molecule has 2 aliphatic heterocycles. The Hall–Kier alpha value is -2.48. The van der Waals surface area contributed by atoms with Crippen molar-refractivity contribution in [2.24, 2.45) is 11.8 Å². The van der Waals surface area contributed by atoms with E-state index in [-0.39, 0.29) is 30.3 Å². The zero-order valence-corrected chi connectivity index (χ0v) is 18.3. The van der Waals surface area contributed by atoms with Gasteiger partial charge in [0.25, 0.3) is 0 Å². The van der Waals surface area contributed by atoms with Crippen molar-refractivity contribution in [2.45, 2.75) is 26.7 Å². The molecule has 0 radical (unpaired) electrons. The molecule has 0 bridgehead atoms. The Labute approximate surface area is 182 Å². The summed E-state index contributed by atoms with van der Waals surface area (Å²) in [6.07, 6.45) is 1.54. The summed E-state index contributed by atoms with van der Waals surface area (Å²) in [5.41, 5.74) is 1.38. The molecule has 9 heteroatoms. The van der Waals surface area contributed by atoms with Gasteiger partial charge in [-0.25, -0.2) is 4.79 Å². The summed E-state index contributed by atoms with van der Waals surface area (Å²) in [5.74, 6) is -0.0239. The third kappa shape index (κ3) is 5.78. The molecule has 164 valence electrons. The minimum absolute atomic E-state index is 0.0334. The first-order valence-electron chi connectivity index (χ1n) is 10.5. The van der Waals surface area contributed by atoms with Gasteiger partial charge in [-0.3, -0.25) is 9.59 Å². The highest BCUT2D eigenvalue weighted by atomic mass is 35.5. The van der Waals surface area contributed by atoms with Crippen molar-refractivity contribution in [3.8, 4) is 0 Å². The lowest BCUT2D eigenvalue weighted by molar-refractivity contribution is -0.121. The van der Waals surface area contributed by atoms with Gasteiger partial charge in [0.1, 0.15) is 0 Å². The van der Waals surface area contributed by atoms with Crippen molar-refractivity contribution in [1.29, 1.82) is 0 Å². The summed E-state index contributed by atoms with van der Waals surface area (Å²) < 4.78 is 0. The van der Waals surface area contributed by atoms with Gasteiger partial charge in [-0.05, 0) is 37.0 Å². The highest BCUT2D eigenvalue weighted by molar-refractivity contribution is 6.33. The molecule has 2 aliphatic rings. The zero-order chi connectivity index (χ0) is 21.7. The molecular formula is C21H30ClN5O3. The van der Waals surface area contributed by atoms with Crippen LogP contribution in [0.3, 0.4) is 0 Å². The molecule has 8 nitrogen and oxygen atoms in total. The number of nitrogens with one attached hydrogen (secondary N) is 3. The fourth-order valence-electron chi connectivity index (χ4n) is 3.71. The molecule has 1 atom stereocenters. The molecule has 1 aromatic carbocycles. The minimum atomic E-state index is -0.257. The van der Waals surface area contributed by atoms with Crippen LogP contribution < -0.4 is 20.9 Å². The number of halogens is 1. The van der Waals surface area contributed by atoms with Crippen molar-refractivity contribution in [2.75, 3.05) is 49.5 Å². The van der Waals surface area contributed by atoms with E-state index < -0.39 is 0 Å². The number of urea groups is 1. The normalized spacial score (nSPS) is 19.5. The highest BCUT2D eigenvalue weighted by Crippen LogP contribution is 2.30. The smallest absolute Gasteiger partial charge is 0.317 e. The number of carbonyl (C=O) groups is 3. The van der Waals surface area contributed by atoms with E-state index in [9.17, 15) is 14.4 Å². The first-order chi connectivity index (χ1) is 14.3. The predicted molar refractivity (Wildman–Crippen MR) is 118 cm³/mol. The third-order valence-corrected chi connectivity index (χ3v) is 5.64. The molecule has 30 heavy (non-hydrogen) atoms. The number of piperazine rings is 1. The average Bonchev–Trinajstić information content (AvgIpc) is 2.72. The van der Waals surface area contributed by atoms with Crippen molar-refractivity contribution >= 4 is 40.8 Å². The first kappa shape index (κ1) is 22.2. The van der Waals surface area contributed by atoms with Crippen LogP contribution in [0.15, 0.2) is 18.2 Å². The van der Waals surface area contributed by atoms with E-state index in [2.05, 4.69) is 16.0 Å². The number of rotatable bonds is 5. The van der Waals surface area contributed by atoms with Crippen LogP contribution in [0.2, 0.25) is 5.02 Å². The maximum atomic E-state index is 12.8. The van der Waals surface area contributed by atoms with Gasteiger partial charge < -0.3 is 25.8 Å². The molecule has 4 amide bonds. The van der Waals surface area contributed by atoms with Crippen molar-refractivity contribution < 1.29 is 14.4 Å². The standard InChI is InChI=1S/C21H30ClN5O3/c1-14(2)11-24-21(30)27-8-3-4-15(12-27)20(29)25-16-5-6-18(17(22)10-16)26-9-7-23-19(28)13-26/h5-6,10,14-15H,3-4,7-9,11-13H2,1-2H3,(H,23,28)(H,24,30)(H,25,29)/t15-/m0/s1. The summed E-state index contributed by atoms with van der Waals surface area (Å²) in [4.78, 5) is 40.3. The van der Waals surface area contributed by atoms with Gasteiger partial charge in [0, 0.05) is 38.4 Å². The van der Waals surface area contributed by atoms with Crippen molar-refractivity contribution in [3.63, 3.8) is 0 Å². The maximum Gasteiger partial charge on any atom is 0.317 e. The lowest BCUT2D eigenvalue weighted by Crippen LogP contribution is -2.48. The van der Waals surface area contributed by atoms with E-state index in [1.165, 1.54) is 0 Å². The highest BCUT2D eigenvalue weighted by Gasteiger charge is 2.28. The van der Waals surface area contributed by atoms with Gasteiger partial charge in [0.05, 0.1) is 23.2 Å². The SMILES string of the molecule is CC(C)CNC(=O)N1CCC[C@H](C(=O)Nc2ccc(N3CCNC(=O)C3)c(Cl)c2)C1. The quantitative estimate of drug-likeness (QED) is 0.661. The molecule has 2 heterocycles. The number of amides is 4. The Kier molecular flexibility index (Phi) is 7.42. The topological polar surface area (TPSA) is 93.8 Å². The van der Waals surface area contributed by atoms with Crippen LogP contribution in [0.4, 0.5) is 16.2 Å². The van der Waals surface area contributed by atoms with Gasteiger partial charge in [0.2, 0.25) is 11.8 Å². The molecule has 0 aliphatic carbocycles. The number of carbonyl (C=O) groups excluding carboxylic acids is 3. The lowest BCUT2D eigenvalue weighted by atomic mass is 9.97. The van der Waals surface area contributed by atoms with E-state index in [4.69, 9.17) is 11.6 Å². The summed E-state index contributed by atoms with van der Waals surface area (Å²) in [7, 11) is 0. The Morgan fingerprint density at radius 2 is 2.10 bits per heavy atom. The van der Waals surface area contributed by atoms with Crippen LogP contribution in [-0.2, 0) is 9.59 Å². The van der Waals surface area contributed by atoms with Gasteiger partial charge in [-0.2, -0.15) is 0 Å². The molecule has 0 aromatic heterocycles. The van der Waals surface area contributed by atoms with E-state index >= 15 is 0 Å². The maximum absolute atomic E-state index is 12.8. The third-order valence-electron chi connectivity index (χ3n) is 5.34. The molecule has 0 unspecified atom stereocenters. The predicted octanol–water partition coefficient (Wildman–Crippen LogP) is 2.29. The monoisotopic (exact) mass is 435 g/mol. The Balaban J connectivity index is 1.58. The van der Waals surface area contributed by atoms with Crippen LogP contribution in [-0.4, -0.2) is 62.0 Å². The summed E-state index contributed by atoms with van der Waals surface area (Å²) in [6, 6.07) is 5.21.